The molecular weight excluding hydrogens is 534 g/mol. The number of Topliss-reactive ketones (excluding diaryl/α,β-unsaturated/α-hetero) is 1. The third kappa shape index (κ3) is 7.22. The van der Waals surface area contributed by atoms with E-state index in [1.807, 2.05) is 85.8 Å². The van der Waals surface area contributed by atoms with Crippen LogP contribution < -0.4 is 16.0 Å². The summed E-state index contributed by atoms with van der Waals surface area (Å²) in [7, 11) is 0. The van der Waals surface area contributed by atoms with Crippen molar-refractivity contribution in [3.8, 4) is 0 Å². The molecule has 0 saturated heterocycles. The molecule has 8 heteroatoms. The Morgan fingerprint density at radius 2 is 1.50 bits per heavy atom. The van der Waals surface area contributed by atoms with Crippen molar-refractivity contribution < 1.29 is 9.59 Å². The monoisotopic (exact) mass is 559 g/mol. The molecule has 0 spiro atoms. The largest absolute Gasteiger partial charge is 0.332 e. The Morgan fingerprint density at radius 3 is 2.21 bits per heavy atom. The number of amides is 1. The molecule has 0 fully saturated rings. The average molecular weight is 560 g/mol. The van der Waals surface area contributed by atoms with Gasteiger partial charge in [-0.15, -0.1) is 11.8 Å². The summed E-state index contributed by atoms with van der Waals surface area (Å²) in [6.07, 6.45) is 0. The molecule has 0 bridgehead atoms. The van der Waals surface area contributed by atoms with Crippen LogP contribution in [0.2, 0.25) is 5.02 Å². The second kappa shape index (κ2) is 12.7. The lowest BCUT2D eigenvalue weighted by molar-refractivity contribution is -0.115. The van der Waals surface area contributed by atoms with Gasteiger partial charge in [-0.1, -0.05) is 54.1 Å². The summed E-state index contributed by atoms with van der Waals surface area (Å²) in [5.41, 5.74) is 4.59. The van der Waals surface area contributed by atoms with Gasteiger partial charge in [-0.3, -0.25) is 9.59 Å². The van der Waals surface area contributed by atoms with Crippen molar-refractivity contribution in [3.63, 3.8) is 0 Å². The summed E-state index contributed by atoms with van der Waals surface area (Å²) >= 11 is 13.2. The van der Waals surface area contributed by atoms with Crippen molar-refractivity contribution in [2.75, 3.05) is 16.0 Å². The first-order valence-electron chi connectivity index (χ1n) is 11.9. The van der Waals surface area contributed by atoms with Crippen molar-refractivity contribution >= 4 is 69.4 Å². The second-order valence-corrected chi connectivity index (χ2v) is 10.5. The number of thioether (sulfide) groups is 1. The van der Waals surface area contributed by atoms with E-state index in [0.717, 1.165) is 27.4 Å². The summed E-state index contributed by atoms with van der Waals surface area (Å²) in [5, 5.41) is 9.88. The first-order chi connectivity index (χ1) is 18.3. The van der Waals surface area contributed by atoms with Crippen LogP contribution in [0.5, 0.6) is 0 Å². The number of anilines is 3. The molecule has 1 unspecified atom stereocenters. The molecule has 0 saturated carbocycles. The zero-order chi connectivity index (χ0) is 27.1. The van der Waals surface area contributed by atoms with Gasteiger partial charge in [0.2, 0.25) is 5.91 Å². The van der Waals surface area contributed by atoms with Gasteiger partial charge in [0.05, 0.1) is 0 Å². The minimum absolute atomic E-state index is 0.0109. The normalized spacial score (nSPS) is 11.3. The van der Waals surface area contributed by atoms with Crippen molar-refractivity contribution in [2.24, 2.45) is 0 Å². The summed E-state index contributed by atoms with van der Waals surface area (Å²) < 4.78 is 0. The molecule has 0 aliphatic rings. The van der Waals surface area contributed by atoms with E-state index in [0.29, 0.717) is 21.4 Å². The quantitative estimate of drug-likeness (QED) is 0.115. The molecule has 0 heterocycles. The van der Waals surface area contributed by atoms with Gasteiger partial charge >= 0.3 is 0 Å². The van der Waals surface area contributed by atoms with Crippen LogP contribution in [0, 0.1) is 6.92 Å². The molecule has 0 aliphatic heterocycles. The highest BCUT2D eigenvalue weighted by atomic mass is 35.5. The predicted molar refractivity (Wildman–Crippen MR) is 163 cm³/mol. The minimum atomic E-state index is -0.491. The van der Waals surface area contributed by atoms with Crippen LogP contribution in [0.3, 0.4) is 0 Å². The van der Waals surface area contributed by atoms with Gasteiger partial charge in [-0.05, 0) is 91.8 Å². The molecule has 4 aromatic rings. The highest BCUT2D eigenvalue weighted by molar-refractivity contribution is 8.00. The van der Waals surface area contributed by atoms with E-state index in [2.05, 4.69) is 16.0 Å². The van der Waals surface area contributed by atoms with Crippen molar-refractivity contribution in [3.05, 3.63) is 119 Å². The van der Waals surface area contributed by atoms with E-state index in [9.17, 15) is 9.59 Å². The summed E-state index contributed by atoms with van der Waals surface area (Å²) in [4.78, 5) is 25.9. The molecule has 1 amide bonds. The summed E-state index contributed by atoms with van der Waals surface area (Å²) in [6.45, 7) is 3.41. The second-order valence-electron chi connectivity index (χ2n) is 8.55. The van der Waals surface area contributed by atoms with E-state index < -0.39 is 5.25 Å². The van der Waals surface area contributed by atoms with Crippen molar-refractivity contribution in [2.45, 2.75) is 24.0 Å². The van der Waals surface area contributed by atoms with Crippen LogP contribution in [0.4, 0.5) is 17.1 Å². The first-order valence-corrected chi connectivity index (χ1v) is 13.5. The minimum Gasteiger partial charge on any atom is -0.332 e. The molecule has 192 valence electrons. The van der Waals surface area contributed by atoms with Gasteiger partial charge in [0.1, 0.15) is 5.25 Å². The molecule has 0 aromatic heterocycles. The fourth-order valence-corrected chi connectivity index (χ4v) is 5.20. The van der Waals surface area contributed by atoms with E-state index >= 15 is 0 Å². The van der Waals surface area contributed by atoms with E-state index in [1.54, 1.807) is 18.2 Å². The number of hydrogen-bond donors (Lipinski definition) is 3. The molecule has 3 N–H and O–H groups in total. The molecular formula is C30H26ClN3O2S2. The number of hydrogen-bond acceptors (Lipinski definition) is 4. The SMILES string of the molecule is CC(=O)c1ccc(NC(=S)Nc2cccc(SC(C(=O)Nc3cccc(Cl)c3C)c3ccccc3)c2)cc1. The van der Waals surface area contributed by atoms with Crippen LogP contribution in [0.1, 0.15) is 33.7 Å². The number of rotatable bonds is 8. The van der Waals surface area contributed by atoms with E-state index in [4.69, 9.17) is 23.8 Å². The van der Waals surface area contributed by atoms with Crippen molar-refractivity contribution in [1.29, 1.82) is 0 Å². The van der Waals surface area contributed by atoms with Crippen LogP contribution >= 0.6 is 35.6 Å². The van der Waals surface area contributed by atoms with Crippen LogP contribution in [-0.4, -0.2) is 16.8 Å². The first kappa shape index (κ1) is 27.4. The maximum atomic E-state index is 13.5. The smallest absolute Gasteiger partial charge is 0.242 e. The zero-order valence-electron chi connectivity index (χ0n) is 20.8. The van der Waals surface area contributed by atoms with E-state index in [1.165, 1.54) is 18.7 Å². The molecule has 4 aromatic carbocycles. The Morgan fingerprint density at radius 1 is 0.816 bits per heavy atom. The molecule has 38 heavy (non-hydrogen) atoms. The van der Waals surface area contributed by atoms with Gasteiger partial charge in [0, 0.05) is 32.5 Å². The summed E-state index contributed by atoms with van der Waals surface area (Å²) in [6, 6.07) is 30.0. The molecule has 5 nitrogen and oxygen atoms in total. The molecule has 1 atom stereocenters. The van der Waals surface area contributed by atoms with Gasteiger partial charge in [-0.2, -0.15) is 0 Å². The Hall–Kier alpha value is -3.65. The highest BCUT2D eigenvalue weighted by Crippen LogP contribution is 2.37. The lowest BCUT2D eigenvalue weighted by Gasteiger charge is -2.19. The topological polar surface area (TPSA) is 70.2 Å². The molecule has 4 rings (SSSR count). The summed E-state index contributed by atoms with van der Waals surface area (Å²) in [5.74, 6) is -0.132. The Bertz CT molecular complexity index is 1460. The number of halogens is 1. The van der Waals surface area contributed by atoms with Gasteiger partial charge in [0.15, 0.2) is 10.9 Å². The van der Waals surface area contributed by atoms with Crippen LogP contribution in [0.25, 0.3) is 0 Å². The third-order valence-electron chi connectivity index (χ3n) is 5.76. The maximum absolute atomic E-state index is 13.5. The van der Waals surface area contributed by atoms with Crippen LogP contribution in [-0.2, 0) is 4.79 Å². The lowest BCUT2D eigenvalue weighted by Crippen LogP contribution is -2.20. The van der Waals surface area contributed by atoms with E-state index in [-0.39, 0.29) is 11.7 Å². The number of ketones is 1. The van der Waals surface area contributed by atoms with Gasteiger partial charge in [-0.25, -0.2) is 0 Å². The predicted octanol–water partition coefficient (Wildman–Crippen LogP) is 8.13. The number of thiocarbonyl (C=S) groups is 1. The maximum Gasteiger partial charge on any atom is 0.242 e. The number of nitrogens with one attached hydrogen (secondary N) is 3. The number of carbonyl (C=O) groups excluding carboxylic acids is 2. The lowest BCUT2D eigenvalue weighted by atomic mass is 10.1. The fourth-order valence-electron chi connectivity index (χ4n) is 3.71. The molecule has 0 aliphatic carbocycles. The van der Waals surface area contributed by atoms with Crippen molar-refractivity contribution in [1.82, 2.24) is 0 Å². The zero-order valence-corrected chi connectivity index (χ0v) is 23.2. The van der Waals surface area contributed by atoms with Gasteiger partial charge < -0.3 is 16.0 Å². The van der Waals surface area contributed by atoms with Gasteiger partial charge in [0.25, 0.3) is 0 Å². The third-order valence-corrected chi connectivity index (χ3v) is 7.62. The van der Waals surface area contributed by atoms with Crippen LogP contribution in [0.15, 0.2) is 102 Å². The number of carbonyl (C=O) groups is 2. The average Bonchev–Trinajstić information content (AvgIpc) is 2.91. The highest BCUT2D eigenvalue weighted by Gasteiger charge is 2.23. The fraction of sp³-hybridized carbons (Fsp3) is 0.100. The Labute approximate surface area is 237 Å². The Kier molecular flexibility index (Phi) is 9.18. The Balaban J connectivity index is 1.48. The number of benzene rings is 4. The molecule has 0 radical (unpaired) electrons. The standard InChI is InChI=1S/C30H26ClN3O2S2/c1-19-26(31)12-7-13-27(19)34-29(36)28(22-8-4-3-5-9-22)38-25-11-6-10-24(18-25)33-30(37)32-23-16-14-21(15-17-23)20(2)35/h3-18,28H,1-2H3,(H,34,36)(H2,32,33,37).